The molecule has 0 saturated carbocycles. The minimum absolute atomic E-state index is 0. The fourth-order valence-corrected chi connectivity index (χ4v) is 2.79. The number of allylic oxidation sites excluding steroid dienone is 1. The molecule has 0 spiro atoms. The van der Waals surface area contributed by atoms with Crippen LogP contribution in [-0.2, 0) is 6.61 Å². The number of furan rings is 1. The van der Waals surface area contributed by atoms with Gasteiger partial charge in [-0.25, -0.2) is 0 Å². The number of hydrogen-bond acceptors (Lipinski definition) is 4. The molecule has 19 heavy (non-hydrogen) atoms. The first kappa shape index (κ1) is 15.1. The van der Waals surface area contributed by atoms with E-state index in [9.17, 15) is 0 Å². The monoisotopic (exact) mass is 486 g/mol. The van der Waals surface area contributed by atoms with E-state index in [1.807, 2.05) is 12.1 Å². The Hall–Kier alpha value is -0.248. The zero-order chi connectivity index (χ0) is 12.5. The second-order valence-electron chi connectivity index (χ2n) is 4.90. The maximum absolute atomic E-state index is 9.03. The van der Waals surface area contributed by atoms with E-state index in [1.165, 1.54) is 5.70 Å². The van der Waals surface area contributed by atoms with Crippen molar-refractivity contribution in [3.63, 3.8) is 0 Å². The van der Waals surface area contributed by atoms with Crippen molar-refractivity contribution in [2.75, 3.05) is 6.67 Å². The molecule has 0 fully saturated rings. The van der Waals surface area contributed by atoms with Gasteiger partial charge in [-0.1, -0.05) is 11.7 Å². The Morgan fingerprint density at radius 3 is 3.00 bits per heavy atom. The van der Waals surface area contributed by atoms with Crippen LogP contribution in [0.1, 0.15) is 36.7 Å². The smallest absolute Gasteiger partial charge is 0.659 e. The van der Waals surface area contributed by atoms with Gasteiger partial charge in [0.25, 0.3) is 0 Å². The van der Waals surface area contributed by atoms with Crippen molar-refractivity contribution in [1.82, 2.24) is 10.6 Å². The molecule has 3 rings (SSSR count). The minimum atomic E-state index is -0.295. The van der Waals surface area contributed by atoms with Gasteiger partial charge in [-0.2, -0.15) is 0 Å². The zero-order valence-corrected chi connectivity index (χ0v) is 14.9. The van der Waals surface area contributed by atoms with Crippen molar-refractivity contribution in [3.05, 3.63) is 40.7 Å². The average Bonchev–Trinajstić information content (AvgIpc) is 2.88. The van der Waals surface area contributed by atoms with Crippen molar-refractivity contribution in [3.8, 4) is 0 Å². The second kappa shape index (κ2) is 6.47. The summed E-state index contributed by atoms with van der Waals surface area (Å²) >= 11 is 0. The van der Waals surface area contributed by atoms with Crippen molar-refractivity contribution >= 4 is 0 Å². The van der Waals surface area contributed by atoms with Crippen LogP contribution in [0, 0.1) is 31.1 Å². The topological polar surface area (TPSA) is 81.2 Å². The minimum Gasteiger partial charge on any atom is -0.659 e. The maximum atomic E-state index is 9.03. The Morgan fingerprint density at radius 2 is 2.26 bits per heavy atom. The fraction of sp³-hybridized carbons (Fsp3) is 0.538. The number of aliphatic hydroxyl groups is 1. The van der Waals surface area contributed by atoms with E-state index >= 15 is 0 Å². The predicted octanol–water partition coefficient (Wildman–Crippen LogP) is 1.82. The molecule has 2 heterocycles. The van der Waals surface area contributed by atoms with Crippen LogP contribution in [0.5, 0.6) is 0 Å². The van der Waals surface area contributed by atoms with E-state index in [-0.39, 0.29) is 43.9 Å². The van der Waals surface area contributed by atoms with Crippen LogP contribution in [0.2, 0.25) is 0 Å². The summed E-state index contributed by atoms with van der Waals surface area (Å²) < 4.78 is 5.61. The summed E-state index contributed by atoms with van der Waals surface area (Å²) in [4.78, 5) is 0. The second-order valence-corrected chi connectivity index (χ2v) is 4.90. The van der Waals surface area contributed by atoms with Gasteiger partial charge in [-0.05, 0) is 31.4 Å². The summed E-state index contributed by atoms with van der Waals surface area (Å²) in [5.74, 6) is 1.88. The quantitative estimate of drug-likeness (QED) is 0.596. The Bertz CT molecular complexity index is 472. The normalized spacial score (nSPS) is 26.4. The third-order valence-electron chi connectivity index (χ3n) is 3.79. The molecule has 2 atom stereocenters. The van der Waals surface area contributed by atoms with E-state index in [4.69, 9.17) is 15.3 Å². The maximum Gasteiger partial charge on any atom is 2.00 e. The summed E-state index contributed by atoms with van der Waals surface area (Å²) in [7, 11) is 0. The molecule has 6 heteroatoms. The van der Waals surface area contributed by atoms with Gasteiger partial charge in [-0.3, -0.25) is 0 Å². The summed E-state index contributed by atoms with van der Waals surface area (Å²) in [5, 5.41) is 15.4. The first-order chi connectivity index (χ1) is 8.78. The molecule has 100 valence electrons. The van der Waals surface area contributed by atoms with Crippen molar-refractivity contribution in [2.24, 2.45) is 0 Å². The van der Waals surface area contributed by atoms with E-state index in [1.54, 1.807) is 0 Å². The van der Waals surface area contributed by atoms with Gasteiger partial charge >= 0.3 is 31.1 Å². The summed E-state index contributed by atoms with van der Waals surface area (Å²) in [6.07, 6.45) is 2.58. The molecule has 0 bridgehead atoms. The van der Waals surface area contributed by atoms with Crippen LogP contribution in [0.25, 0.3) is 5.73 Å². The van der Waals surface area contributed by atoms with Gasteiger partial charge in [0.15, 0.2) is 0 Å². The van der Waals surface area contributed by atoms with E-state index < -0.39 is 0 Å². The Morgan fingerprint density at radius 1 is 1.42 bits per heavy atom. The third-order valence-corrected chi connectivity index (χ3v) is 3.79. The molecule has 1 aliphatic carbocycles. The summed E-state index contributed by atoms with van der Waals surface area (Å²) in [6.45, 7) is 0.637. The molecule has 5 nitrogen and oxygen atoms in total. The first-order valence-electron chi connectivity index (χ1n) is 6.37. The molecular weight excluding hydrogens is 468 g/mol. The molecule has 2 aliphatic rings. The predicted molar refractivity (Wildman–Crippen MR) is 67.5 cm³/mol. The molecule has 4 N–H and O–H groups in total. The molecular formula is C13H18N3O2U+. The first-order valence-corrected chi connectivity index (χ1v) is 6.37. The van der Waals surface area contributed by atoms with Crippen molar-refractivity contribution in [1.29, 1.82) is 0 Å². The van der Waals surface area contributed by atoms with Crippen LogP contribution < -0.4 is 10.6 Å². The molecule has 0 aromatic carbocycles. The van der Waals surface area contributed by atoms with Crippen LogP contribution in [-0.4, -0.2) is 17.9 Å². The number of rotatable bonds is 2. The van der Waals surface area contributed by atoms with Crippen LogP contribution in [0.3, 0.4) is 0 Å². The standard InChI is InChI=1S/C13H18N3O2.U/c14-13-10-5-8(1-3-11(10)15-7-16-13)12-4-2-9(6-17)18-12;/h2,4,8,13-17H,1,3,5-7H2;/q-1;+2. The Kier molecular flexibility index (Phi) is 5.16. The molecule has 1 aliphatic heterocycles. The number of hydrogen-bond donors (Lipinski definition) is 3. The van der Waals surface area contributed by atoms with Crippen LogP contribution >= 0.6 is 0 Å². The van der Waals surface area contributed by atoms with Gasteiger partial charge in [0.05, 0.1) is 6.67 Å². The Balaban J connectivity index is 0.00000133. The average molecular weight is 486 g/mol. The third kappa shape index (κ3) is 3.09. The van der Waals surface area contributed by atoms with Gasteiger partial charge in [0, 0.05) is 11.6 Å². The molecule has 0 radical (unpaired) electrons. The van der Waals surface area contributed by atoms with Gasteiger partial charge < -0.3 is 25.9 Å². The largest absolute Gasteiger partial charge is 2.00 e. The van der Waals surface area contributed by atoms with Crippen LogP contribution in [0.4, 0.5) is 0 Å². The van der Waals surface area contributed by atoms with Crippen LogP contribution in [0.15, 0.2) is 27.8 Å². The number of nitrogens with one attached hydrogen (secondary N) is 3. The van der Waals surface area contributed by atoms with Gasteiger partial charge in [-0.15, -0.1) is 0 Å². The SMILES string of the molecule is [NH-]C1NCNC2=C1CC(c1ccc(CO)o1)CC2.[U+2]. The molecule has 0 saturated heterocycles. The Labute approximate surface area is 136 Å². The van der Waals surface area contributed by atoms with Crippen molar-refractivity contribution in [2.45, 2.75) is 38.0 Å². The van der Waals surface area contributed by atoms with E-state index in [0.717, 1.165) is 30.6 Å². The number of aliphatic hydroxyl groups excluding tert-OH is 1. The molecule has 1 aromatic heterocycles. The van der Waals surface area contributed by atoms with Gasteiger partial charge in [0.2, 0.25) is 0 Å². The summed E-state index contributed by atoms with van der Waals surface area (Å²) in [6, 6.07) is 3.78. The van der Waals surface area contributed by atoms with E-state index in [2.05, 4.69) is 10.6 Å². The molecule has 2 unspecified atom stereocenters. The molecule has 1 aromatic rings. The summed E-state index contributed by atoms with van der Waals surface area (Å²) in [5.41, 5.74) is 10.4. The van der Waals surface area contributed by atoms with Crippen molar-refractivity contribution < 1.29 is 40.6 Å². The van der Waals surface area contributed by atoms with Gasteiger partial charge in [0.1, 0.15) is 18.1 Å². The molecule has 0 amide bonds. The zero-order valence-electron chi connectivity index (χ0n) is 10.7. The fourth-order valence-electron chi connectivity index (χ4n) is 2.79. The van der Waals surface area contributed by atoms with E-state index in [0.29, 0.717) is 18.3 Å².